The summed E-state index contributed by atoms with van der Waals surface area (Å²) in [5, 5.41) is 12.1. The minimum Gasteiger partial charge on any atom is -0.480 e. The van der Waals surface area contributed by atoms with Crippen LogP contribution in [-0.4, -0.2) is 47.1 Å². The van der Waals surface area contributed by atoms with Crippen LogP contribution in [-0.2, 0) is 24.8 Å². The monoisotopic (exact) mass is 437 g/mol. The molecule has 0 bridgehead atoms. The molecular formula is C22H31NO6S. The number of rotatable bonds is 10. The number of amides is 1. The van der Waals surface area contributed by atoms with Crippen molar-refractivity contribution in [2.45, 2.75) is 51.5 Å². The maximum atomic E-state index is 12.4. The lowest BCUT2D eigenvalue weighted by Gasteiger charge is -2.22. The summed E-state index contributed by atoms with van der Waals surface area (Å²) in [6.07, 6.45) is -0.132. The van der Waals surface area contributed by atoms with Crippen LogP contribution in [0.4, 0.5) is 4.79 Å². The normalized spacial score (nSPS) is 21.4. The Morgan fingerprint density at radius 3 is 2.43 bits per heavy atom. The zero-order valence-electron chi connectivity index (χ0n) is 17.9. The molecule has 4 atom stereocenters. The number of nitrogens with one attached hydrogen (secondary N) is 1. The van der Waals surface area contributed by atoms with E-state index in [1.807, 2.05) is 18.2 Å². The fraction of sp³-hybridized carbons (Fsp3) is 0.591. The molecule has 7 nitrogen and oxygen atoms in total. The van der Waals surface area contributed by atoms with Crippen LogP contribution in [0.2, 0.25) is 0 Å². The molecule has 1 saturated carbocycles. The molecule has 1 aliphatic rings. The van der Waals surface area contributed by atoms with E-state index in [4.69, 9.17) is 9.47 Å². The van der Waals surface area contributed by atoms with Gasteiger partial charge >= 0.3 is 18.0 Å². The third-order valence-electron chi connectivity index (χ3n) is 4.82. The lowest BCUT2D eigenvalue weighted by Crippen LogP contribution is -2.45. The number of esters is 1. The predicted molar refractivity (Wildman–Crippen MR) is 115 cm³/mol. The van der Waals surface area contributed by atoms with Gasteiger partial charge in [0.1, 0.15) is 11.6 Å². The topological polar surface area (TPSA) is 102 Å². The molecule has 2 N–H and O–H groups in total. The van der Waals surface area contributed by atoms with Crippen LogP contribution in [0.3, 0.4) is 0 Å². The van der Waals surface area contributed by atoms with E-state index in [1.165, 1.54) is 5.56 Å². The van der Waals surface area contributed by atoms with Crippen LogP contribution in [0.5, 0.6) is 0 Å². The molecule has 1 fully saturated rings. The van der Waals surface area contributed by atoms with Crippen molar-refractivity contribution in [1.29, 1.82) is 0 Å². The third-order valence-corrected chi connectivity index (χ3v) is 5.88. The van der Waals surface area contributed by atoms with Crippen molar-refractivity contribution in [2.75, 3.05) is 12.4 Å². The highest BCUT2D eigenvalue weighted by atomic mass is 32.2. The molecule has 166 valence electrons. The van der Waals surface area contributed by atoms with Gasteiger partial charge in [0, 0.05) is 11.7 Å². The Morgan fingerprint density at radius 1 is 1.20 bits per heavy atom. The number of benzene rings is 1. The summed E-state index contributed by atoms with van der Waals surface area (Å²) in [5.74, 6) is -1.14. The van der Waals surface area contributed by atoms with Gasteiger partial charge in [0.25, 0.3) is 0 Å². The lowest BCUT2D eigenvalue weighted by atomic mass is 10.1. The standard InChI is InChI=1S/C22H31NO6S/c1-5-28-20(26)17-15(11-12-30-13-14-9-7-6-8-10-14)16(17)18(19(24)25)23-21(27)29-22(2,3)4/h6-10,15-18H,5,11-13H2,1-4H3,(H,23,27)(H,24,25). The van der Waals surface area contributed by atoms with E-state index in [0.717, 1.165) is 11.5 Å². The summed E-state index contributed by atoms with van der Waals surface area (Å²) in [6.45, 7) is 7.05. The summed E-state index contributed by atoms with van der Waals surface area (Å²) >= 11 is 1.73. The molecule has 0 aliphatic heterocycles. The molecule has 2 rings (SSSR count). The molecule has 0 radical (unpaired) electrons. The van der Waals surface area contributed by atoms with Crippen molar-refractivity contribution in [3.05, 3.63) is 35.9 Å². The zero-order chi connectivity index (χ0) is 22.3. The van der Waals surface area contributed by atoms with E-state index in [2.05, 4.69) is 17.4 Å². The second kappa shape index (κ2) is 10.7. The zero-order valence-corrected chi connectivity index (χ0v) is 18.7. The van der Waals surface area contributed by atoms with Crippen LogP contribution >= 0.6 is 11.8 Å². The molecular weight excluding hydrogens is 406 g/mol. The largest absolute Gasteiger partial charge is 0.480 e. The number of carbonyl (C=O) groups excluding carboxylic acids is 2. The molecule has 0 saturated heterocycles. The van der Waals surface area contributed by atoms with Gasteiger partial charge in [-0.1, -0.05) is 30.3 Å². The number of hydrogen-bond donors (Lipinski definition) is 2. The van der Waals surface area contributed by atoms with Gasteiger partial charge in [0.2, 0.25) is 0 Å². The van der Waals surface area contributed by atoms with Crippen LogP contribution in [0, 0.1) is 17.8 Å². The van der Waals surface area contributed by atoms with Crippen LogP contribution in [0.1, 0.15) is 39.7 Å². The van der Waals surface area contributed by atoms with Gasteiger partial charge in [0.05, 0.1) is 12.5 Å². The first-order chi connectivity index (χ1) is 14.1. The molecule has 0 aromatic heterocycles. The van der Waals surface area contributed by atoms with Crippen molar-refractivity contribution in [1.82, 2.24) is 5.32 Å². The van der Waals surface area contributed by atoms with E-state index in [1.54, 1.807) is 39.5 Å². The minimum atomic E-state index is -1.20. The molecule has 1 aromatic rings. The van der Waals surface area contributed by atoms with Crippen molar-refractivity contribution >= 4 is 29.8 Å². The Hall–Kier alpha value is -2.22. The van der Waals surface area contributed by atoms with Crippen molar-refractivity contribution in [2.24, 2.45) is 17.8 Å². The van der Waals surface area contributed by atoms with E-state index in [-0.39, 0.29) is 12.5 Å². The van der Waals surface area contributed by atoms with E-state index in [0.29, 0.717) is 6.42 Å². The van der Waals surface area contributed by atoms with Gasteiger partial charge in [-0.25, -0.2) is 9.59 Å². The average Bonchev–Trinajstić information content (AvgIpc) is 3.36. The first kappa shape index (κ1) is 24.1. The van der Waals surface area contributed by atoms with Gasteiger partial charge in [-0.05, 0) is 51.3 Å². The number of thioether (sulfide) groups is 1. The Bertz CT molecular complexity index is 733. The number of aliphatic carboxylic acids is 1. The van der Waals surface area contributed by atoms with Crippen molar-refractivity contribution < 1.29 is 29.0 Å². The van der Waals surface area contributed by atoms with Gasteiger partial charge in [-0.3, -0.25) is 4.79 Å². The molecule has 1 amide bonds. The third kappa shape index (κ3) is 7.23. The average molecular weight is 438 g/mol. The number of alkyl carbamates (subject to hydrolysis) is 1. The number of ether oxygens (including phenoxy) is 2. The first-order valence-electron chi connectivity index (χ1n) is 10.1. The summed E-state index contributed by atoms with van der Waals surface area (Å²) in [5.41, 5.74) is 0.469. The predicted octanol–water partition coefficient (Wildman–Crippen LogP) is 3.71. The van der Waals surface area contributed by atoms with Crippen molar-refractivity contribution in [3.8, 4) is 0 Å². The van der Waals surface area contributed by atoms with Gasteiger partial charge in [-0.15, -0.1) is 0 Å². The number of hydrogen-bond acceptors (Lipinski definition) is 6. The summed E-state index contributed by atoms with van der Waals surface area (Å²) < 4.78 is 10.3. The number of carboxylic acids is 1. The maximum Gasteiger partial charge on any atom is 0.408 e. The SMILES string of the molecule is CCOC(=O)C1C(CCSCc2ccccc2)C1C(NC(=O)OC(C)(C)C)C(=O)O. The number of carbonyl (C=O) groups is 3. The highest BCUT2D eigenvalue weighted by Crippen LogP contribution is 2.52. The Labute approximate surface area is 181 Å². The summed E-state index contributed by atoms with van der Waals surface area (Å²) in [6, 6.07) is 8.86. The second-order valence-corrected chi connectivity index (χ2v) is 9.41. The van der Waals surface area contributed by atoms with Crippen LogP contribution in [0.25, 0.3) is 0 Å². The molecule has 0 spiro atoms. The molecule has 30 heavy (non-hydrogen) atoms. The van der Waals surface area contributed by atoms with Crippen molar-refractivity contribution in [3.63, 3.8) is 0 Å². The summed E-state index contributed by atoms with van der Waals surface area (Å²) in [7, 11) is 0. The maximum absolute atomic E-state index is 12.4. The van der Waals surface area contributed by atoms with Gasteiger partial charge in [-0.2, -0.15) is 11.8 Å². The summed E-state index contributed by atoms with van der Waals surface area (Å²) in [4.78, 5) is 36.3. The highest BCUT2D eigenvalue weighted by molar-refractivity contribution is 7.98. The fourth-order valence-electron chi connectivity index (χ4n) is 3.54. The smallest absolute Gasteiger partial charge is 0.408 e. The quantitative estimate of drug-likeness (QED) is 0.425. The molecule has 4 unspecified atom stereocenters. The number of carboxylic acid groups (broad SMARTS) is 1. The molecule has 8 heteroatoms. The molecule has 1 aromatic carbocycles. The Morgan fingerprint density at radius 2 is 1.87 bits per heavy atom. The van der Waals surface area contributed by atoms with E-state index in [9.17, 15) is 19.5 Å². The van der Waals surface area contributed by atoms with E-state index < -0.39 is 41.5 Å². The highest BCUT2D eigenvalue weighted by Gasteiger charge is 2.60. The van der Waals surface area contributed by atoms with E-state index >= 15 is 0 Å². The van der Waals surface area contributed by atoms with Gasteiger partial charge < -0.3 is 19.9 Å². The minimum absolute atomic E-state index is 0.150. The second-order valence-electron chi connectivity index (χ2n) is 8.31. The first-order valence-corrected chi connectivity index (χ1v) is 11.3. The molecule has 0 heterocycles. The fourth-order valence-corrected chi connectivity index (χ4v) is 4.55. The van der Waals surface area contributed by atoms with Gasteiger partial charge in [0.15, 0.2) is 0 Å². The van der Waals surface area contributed by atoms with Crippen LogP contribution in [0.15, 0.2) is 30.3 Å². The Kier molecular flexibility index (Phi) is 8.58. The van der Waals surface area contributed by atoms with Crippen LogP contribution < -0.4 is 5.32 Å². The Balaban J connectivity index is 1.98. The lowest BCUT2D eigenvalue weighted by molar-refractivity contribution is -0.145. The molecule has 1 aliphatic carbocycles.